The van der Waals surface area contributed by atoms with Gasteiger partial charge >= 0.3 is 0 Å². The van der Waals surface area contributed by atoms with E-state index >= 15 is 0 Å². The third-order valence-electron chi connectivity index (χ3n) is 4.91. The van der Waals surface area contributed by atoms with E-state index in [2.05, 4.69) is 4.99 Å². The minimum Gasteiger partial charge on any atom is -0.334 e. The predicted molar refractivity (Wildman–Crippen MR) is 108 cm³/mol. The van der Waals surface area contributed by atoms with Gasteiger partial charge in [0, 0.05) is 29.4 Å². The molecule has 1 amide bonds. The van der Waals surface area contributed by atoms with Gasteiger partial charge in [-0.25, -0.2) is 0 Å². The van der Waals surface area contributed by atoms with Gasteiger partial charge in [0.15, 0.2) is 0 Å². The number of amides is 1. The molecular formula is C20H25ClN2OS. The Morgan fingerprint density at radius 2 is 2.08 bits per heavy atom. The van der Waals surface area contributed by atoms with Crippen LogP contribution in [-0.4, -0.2) is 41.1 Å². The molecule has 0 aliphatic carbocycles. The molecule has 25 heavy (non-hydrogen) atoms. The lowest BCUT2D eigenvalue weighted by Gasteiger charge is -2.27. The maximum absolute atomic E-state index is 13.0. The smallest absolute Gasteiger partial charge is 0.252 e. The van der Waals surface area contributed by atoms with Crippen molar-refractivity contribution in [2.75, 3.05) is 24.6 Å². The monoisotopic (exact) mass is 376 g/mol. The first-order valence-corrected chi connectivity index (χ1v) is 10.5. The highest BCUT2D eigenvalue weighted by molar-refractivity contribution is 7.99. The number of rotatable bonds is 6. The van der Waals surface area contributed by atoms with Gasteiger partial charge in [-0.3, -0.25) is 9.79 Å². The average molecular weight is 377 g/mol. The summed E-state index contributed by atoms with van der Waals surface area (Å²) in [6, 6.07) is 7.79. The molecule has 2 heterocycles. The number of thioether (sulfide) groups is 1. The summed E-state index contributed by atoms with van der Waals surface area (Å²) in [5, 5.41) is 0.724. The van der Waals surface area contributed by atoms with Crippen LogP contribution in [-0.2, 0) is 11.3 Å². The van der Waals surface area contributed by atoms with Gasteiger partial charge in [-0.05, 0) is 61.3 Å². The van der Waals surface area contributed by atoms with Crippen LogP contribution in [0.1, 0.15) is 31.7 Å². The lowest BCUT2D eigenvalue weighted by atomic mass is 9.98. The van der Waals surface area contributed by atoms with Gasteiger partial charge in [0.2, 0.25) is 0 Å². The van der Waals surface area contributed by atoms with Crippen LogP contribution in [0.25, 0.3) is 0 Å². The van der Waals surface area contributed by atoms with E-state index in [-0.39, 0.29) is 5.91 Å². The molecule has 1 saturated heterocycles. The quantitative estimate of drug-likeness (QED) is 0.726. The summed E-state index contributed by atoms with van der Waals surface area (Å²) < 4.78 is 0. The number of nitrogens with zero attached hydrogens (tertiary/aromatic N) is 2. The van der Waals surface area contributed by atoms with Gasteiger partial charge < -0.3 is 4.90 Å². The highest BCUT2D eigenvalue weighted by Crippen LogP contribution is 2.26. The molecule has 0 unspecified atom stereocenters. The van der Waals surface area contributed by atoms with Gasteiger partial charge in [0.1, 0.15) is 0 Å². The fourth-order valence-corrected chi connectivity index (χ4v) is 4.74. The molecule has 0 atom stereocenters. The zero-order valence-electron chi connectivity index (χ0n) is 14.7. The third-order valence-corrected chi connectivity index (χ3v) is 6.33. The van der Waals surface area contributed by atoms with Crippen LogP contribution in [0.5, 0.6) is 0 Å². The van der Waals surface area contributed by atoms with E-state index in [1.54, 1.807) is 0 Å². The molecule has 2 aliphatic rings. The molecular weight excluding hydrogens is 352 g/mol. The molecule has 0 N–H and O–H groups in total. The van der Waals surface area contributed by atoms with Crippen LogP contribution >= 0.6 is 23.4 Å². The van der Waals surface area contributed by atoms with Crippen molar-refractivity contribution in [2.24, 2.45) is 10.9 Å². The molecule has 0 bridgehead atoms. The third kappa shape index (κ3) is 5.11. The fraction of sp³-hybridized carbons (Fsp3) is 0.500. The number of halogens is 1. The number of carbonyl (C=O) groups excluding carboxylic acids is 1. The Morgan fingerprint density at radius 1 is 1.32 bits per heavy atom. The maximum Gasteiger partial charge on any atom is 0.252 e. The Kier molecular flexibility index (Phi) is 6.60. The van der Waals surface area contributed by atoms with Gasteiger partial charge in [-0.15, -0.1) is 0 Å². The molecule has 0 saturated carbocycles. The molecule has 1 aromatic carbocycles. The first-order valence-electron chi connectivity index (χ1n) is 8.95. The van der Waals surface area contributed by atoms with E-state index in [0.29, 0.717) is 13.1 Å². The van der Waals surface area contributed by atoms with Crippen molar-refractivity contribution in [3.63, 3.8) is 0 Å². The summed E-state index contributed by atoms with van der Waals surface area (Å²) in [5.74, 6) is 3.34. The van der Waals surface area contributed by atoms with Crippen LogP contribution in [0.4, 0.5) is 0 Å². The summed E-state index contributed by atoms with van der Waals surface area (Å²) in [6.07, 6.45) is 5.52. The largest absolute Gasteiger partial charge is 0.334 e. The van der Waals surface area contributed by atoms with E-state index in [1.165, 1.54) is 24.3 Å². The van der Waals surface area contributed by atoms with Crippen LogP contribution in [0.15, 0.2) is 40.9 Å². The standard InChI is InChI=1S/C20H25ClN2OS/c1-15-12-18(13-22-15)20(24)23(9-6-16-7-10-25-11-8-16)14-17-4-2-3-5-19(17)21/h2-5,12,16H,6-11,13-14H2,1H3. The first-order chi connectivity index (χ1) is 12.1. The maximum atomic E-state index is 13.0. The van der Waals surface area contributed by atoms with E-state index in [4.69, 9.17) is 11.6 Å². The molecule has 1 aromatic rings. The minimum absolute atomic E-state index is 0.103. The van der Waals surface area contributed by atoms with Gasteiger partial charge in [-0.2, -0.15) is 11.8 Å². The highest BCUT2D eigenvalue weighted by Gasteiger charge is 2.23. The van der Waals surface area contributed by atoms with Crippen LogP contribution in [0.2, 0.25) is 5.02 Å². The van der Waals surface area contributed by atoms with Crippen molar-refractivity contribution >= 4 is 35.0 Å². The van der Waals surface area contributed by atoms with Gasteiger partial charge in [0.25, 0.3) is 5.91 Å². The molecule has 0 spiro atoms. The molecule has 3 rings (SSSR count). The van der Waals surface area contributed by atoms with Crippen LogP contribution < -0.4 is 0 Å². The van der Waals surface area contributed by atoms with Gasteiger partial charge in [-0.1, -0.05) is 29.8 Å². The SMILES string of the molecule is CC1=NCC(C(=O)N(CCC2CCSCC2)Cc2ccccc2Cl)=C1. The molecule has 5 heteroatoms. The van der Waals surface area contributed by atoms with Crippen molar-refractivity contribution in [1.29, 1.82) is 0 Å². The topological polar surface area (TPSA) is 32.7 Å². The van der Waals surface area contributed by atoms with Crippen molar-refractivity contribution in [3.05, 3.63) is 46.5 Å². The molecule has 0 aromatic heterocycles. The van der Waals surface area contributed by atoms with Crippen LogP contribution in [0, 0.1) is 5.92 Å². The first kappa shape index (κ1) is 18.5. The summed E-state index contributed by atoms with van der Waals surface area (Å²) in [4.78, 5) is 19.3. The zero-order valence-corrected chi connectivity index (χ0v) is 16.3. The van der Waals surface area contributed by atoms with E-state index in [9.17, 15) is 4.79 Å². The van der Waals surface area contributed by atoms with E-state index in [1.807, 2.05) is 53.9 Å². The highest BCUT2D eigenvalue weighted by atomic mass is 35.5. The number of hydrogen-bond donors (Lipinski definition) is 0. The van der Waals surface area contributed by atoms with Crippen molar-refractivity contribution in [3.8, 4) is 0 Å². The predicted octanol–water partition coefficient (Wildman–Crippen LogP) is 4.60. The second-order valence-corrected chi connectivity index (χ2v) is 8.42. The molecule has 2 aliphatic heterocycles. The fourth-order valence-electron chi connectivity index (χ4n) is 3.34. The van der Waals surface area contributed by atoms with Gasteiger partial charge in [0.05, 0.1) is 6.54 Å². The number of benzene rings is 1. The molecule has 3 nitrogen and oxygen atoms in total. The second-order valence-electron chi connectivity index (χ2n) is 6.79. The van der Waals surface area contributed by atoms with Crippen molar-refractivity contribution in [2.45, 2.75) is 32.7 Å². The molecule has 0 radical (unpaired) electrons. The summed E-state index contributed by atoms with van der Waals surface area (Å²) in [7, 11) is 0. The minimum atomic E-state index is 0.103. The number of aliphatic imine (C=N–C) groups is 1. The van der Waals surface area contributed by atoms with Crippen molar-refractivity contribution < 1.29 is 4.79 Å². The van der Waals surface area contributed by atoms with E-state index < -0.39 is 0 Å². The Bertz CT molecular complexity index is 680. The zero-order chi connectivity index (χ0) is 17.6. The average Bonchev–Trinajstić information content (AvgIpc) is 3.07. The Labute approximate surface area is 159 Å². The lowest BCUT2D eigenvalue weighted by molar-refractivity contribution is -0.127. The molecule has 134 valence electrons. The lowest BCUT2D eigenvalue weighted by Crippen LogP contribution is -2.34. The number of hydrogen-bond acceptors (Lipinski definition) is 3. The number of allylic oxidation sites excluding steroid dienone is 1. The Morgan fingerprint density at radius 3 is 2.76 bits per heavy atom. The van der Waals surface area contributed by atoms with E-state index in [0.717, 1.165) is 40.8 Å². The summed E-state index contributed by atoms with van der Waals surface area (Å²) in [6.45, 7) is 3.80. The Balaban J connectivity index is 1.69. The number of carbonyl (C=O) groups is 1. The molecule has 1 fully saturated rings. The van der Waals surface area contributed by atoms with Crippen LogP contribution in [0.3, 0.4) is 0 Å². The normalized spacial score (nSPS) is 18.0. The Hall–Kier alpha value is -1.26. The summed E-state index contributed by atoms with van der Waals surface area (Å²) >= 11 is 8.37. The van der Waals surface area contributed by atoms with Crippen molar-refractivity contribution in [1.82, 2.24) is 4.90 Å². The second kappa shape index (κ2) is 8.91. The summed E-state index contributed by atoms with van der Waals surface area (Å²) in [5.41, 5.74) is 2.74.